The van der Waals surface area contributed by atoms with Gasteiger partial charge in [0.1, 0.15) is 0 Å². The molecule has 0 saturated carbocycles. The van der Waals surface area contributed by atoms with Crippen LogP contribution in [0.25, 0.3) is 0 Å². The van der Waals surface area contributed by atoms with E-state index in [4.69, 9.17) is 0 Å². The largest absolute Gasteiger partial charge is 0.356 e. The smallest absolute Gasteiger partial charge is 0.240 e. The van der Waals surface area contributed by atoms with Crippen LogP contribution in [-0.2, 0) is 27.7 Å². The first-order chi connectivity index (χ1) is 12.4. The van der Waals surface area contributed by atoms with Crippen LogP contribution in [0.15, 0.2) is 59.5 Å². The number of carbonyl (C=O) groups excluding carboxylic acids is 1. The Hall–Kier alpha value is -2.18. The first kappa shape index (κ1) is 20.1. The predicted molar refractivity (Wildman–Crippen MR) is 103 cm³/mol. The van der Waals surface area contributed by atoms with Gasteiger partial charge in [0.2, 0.25) is 15.9 Å². The Bertz CT molecular complexity index is 803. The van der Waals surface area contributed by atoms with Crippen LogP contribution >= 0.6 is 0 Å². The Morgan fingerprint density at radius 1 is 1.00 bits per heavy atom. The van der Waals surface area contributed by atoms with Gasteiger partial charge in [0.15, 0.2) is 0 Å². The van der Waals surface area contributed by atoms with E-state index in [2.05, 4.69) is 10.0 Å². The number of carbonyl (C=O) groups is 1. The molecule has 1 amide bonds. The van der Waals surface area contributed by atoms with Crippen molar-refractivity contribution >= 4 is 15.9 Å². The van der Waals surface area contributed by atoms with Gasteiger partial charge in [-0.05, 0) is 36.1 Å². The van der Waals surface area contributed by atoms with Crippen LogP contribution in [0, 0.1) is 5.92 Å². The van der Waals surface area contributed by atoms with Crippen molar-refractivity contribution in [1.29, 1.82) is 0 Å². The van der Waals surface area contributed by atoms with Gasteiger partial charge in [0.05, 0.1) is 4.90 Å². The summed E-state index contributed by atoms with van der Waals surface area (Å²) in [6, 6.07) is 16.7. The van der Waals surface area contributed by atoms with Crippen LogP contribution in [-0.4, -0.2) is 27.4 Å². The Morgan fingerprint density at radius 2 is 1.65 bits per heavy atom. The Labute approximate surface area is 155 Å². The molecule has 1 atom stereocenters. The number of nitrogens with one attached hydrogen (secondary N) is 2. The lowest BCUT2D eigenvalue weighted by Crippen LogP contribution is -2.31. The van der Waals surface area contributed by atoms with Crippen LogP contribution in [0.5, 0.6) is 0 Å². The molecule has 2 N–H and O–H groups in total. The minimum Gasteiger partial charge on any atom is -0.356 e. The van der Waals surface area contributed by atoms with Gasteiger partial charge in [0, 0.05) is 19.0 Å². The van der Waals surface area contributed by atoms with Crippen molar-refractivity contribution in [1.82, 2.24) is 10.0 Å². The summed E-state index contributed by atoms with van der Waals surface area (Å²) >= 11 is 0. The van der Waals surface area contributed by atoms with Crippen molar-refractivity contribution in [2.75, 3.05) is 13.1 Å². The molecule has 0 aromatic heterocycles. The second-order valence-electron chi connectivity index (χ2n) is 6.28. The van der Waals surface area contributed by atoms with Crippen molar-refractivity contribution in [2.45, 2.75) is 31.6 Å². The Kier molecular flexibility index (Phi) is 7.36. The minimum absolute atomic E-state index is 0.0280. The summed E-state index contributed by atoms with van der Waals surface area (Å²) in [4.78, 5) is 12.4. The zero-order valence-electron chi connectivity index (χ0n) is 15.2. The van der Waals surface area contributed by atoms with Crippen molar-refractivity contribution < 1.29 is 13.2 Å². The molecule has 0 aliphatic carbocycles. The van der Waals surface area contributed by atoms with Crippen LogP contribution < -0.4 is 10.0 Å². The molecule has 140 valence electrons. The average molecular weight is 375 g/mol. The van der Waals surface area contributed by atoms with Gasteiger partial charge in [-0.1, -0.05) is 56.3 Å². The maximum Gasteiger partial charge on any atom is 0.240 e. The van der Waals surface area contributed by atoms with Crippen LogP contribution in [0.2, 0.25) is 0 Å². The van der Waals surface area contributed by atoms with Gasteiger partial charge in [-0.15, -0.1) is 0 Å². The molecule has 0 heterocycles. The normalized spacial score (nSPS) is 12.5. The van der Waals surface area contributed by atoms with Crippen molar-refractivity contribution in [3.8, 4) is 0 Å². The molecule has 5 nitrogen and oxygen atoms in total. The zero-order chi connectivity index (χ0) is 19.0. The topological polar surface area (TPSA) is 75.3 Å². The summed E-state index contributed by atoms with van der Waals surface area (Å²) in [6.07, 6.45) is 1.37. The molecule has 0 fully saturated rings. The fraction of sp³-hybridized carbons (Fsp3) is 0.350. The molecule has 1 unspecified atom stereocenters. The minimum atomic E-state index is -3.42. The highest BCUT2D eigenvalue weighted by Crippen LogP contribution is 2.11. The fourth-order valence-corrected chi connectivity index (χ4v) is 3.71. The van der Waals surface area contributed by atoms with E-state index < -0.39 is 10.0 Å². The van der Waals surface area contributed by atoms with E-state index in [1.165, 1.54) is 0 Å². The Balaban J connectivity index is 1.81. The monoisotopic (exact) mass is 374 g/mol. The summed E-state index contributed by atoms with van der Waals surface area (Å²) in [5.74, 6) is -0.0646. The third kappa shape index (κ3) is 5.97. The van der Waals surface area contributed by atoms with Gasteiger partial charge in [-0.3, -0.25) is 4.79 Å². The zero-order valence-corrected chi connectivity index (χ0v) is 16.1. The second kappa shape index (κ2) is 9.50. The quantitative estimate of drug-likeness (QED) is 0.708. The van der Waals surface area contributed by atoms with Gasteiger partial charge in [0.25, 0.3) is 0 Å². The van der Waals surface area contributed by atoms with Gasteiger partial charge < -0.3 is 5.32 Å². The van der Waals surface area contributed by atoms with E-state index in [1.54, 1.807) is 31.2 Å². The molecule has 2 aromatic rings. The SMILES string of the molecule is CCNS(=O)(=O)c1ccc(CCNC(=O)C(C)Cc2ccccc2)cc1. The van der Waals surface area contributed by atoms with E-state index in [1.807, 2.05) is 37.3 Å². The number of benzene rings is 2. The molecule has 0 saturated heterocycles. The summed E-state index contributed by atoms with van der Waals surface area (Å²) in [5.41, 5.74) is 2.13. The number of hydrogen-bond donors (Lipinski definition) is 2. The van der Waals surface area contributed by atoms with Crippen LogP contribution in [0.1, 0.15) is 25.0 Å². The summed E-state index contributed by atoms with van der Waals surface area (Å²) < 4.78 is 26.3. The lowest BCUT2D eigenvalue weighted by atomic mass is 10.0. The second-order valence-corrected chi connectivity index (χ2v) is 8.04. The highest BCUT2D eigenvalue weighted by Gasteiger charge is 2.14. The maximum atomic E-state index is 12.2. The number of sulfonamides is 1. The van der Waals surface area contributed by atoms with Crippen LogP contribution in [0.4, 0.5) is 0 Å². The molecule has 0 spiro atoms. The number of rotatable bonds is 9. The van der Waals surface area contributed by atoms with E-state index in [9.17, 15) is 13.2 Å². The molecule has 0 radical (unpaired) electrons. The lowest BCUT2D eigenvalue weighted by Gasteiger charge is -2.12. The van der Waals surface area contributed by atoms with E-state index in [-0.39, 0.29) is 16.7 Å². The molecular weight excluding hydrogens is 348 g/mol. The molecule has 26 heavy (non-hydrogen) atoms. The Morgan fingerprint density at radius 3 is 2.27 bits per heavy atom. The summed E-state index contributed by atoms with van der Waals surface area (Å²) in [5, 5.41) is 2.95. The third-order valence-electron chi connectivity index (χ3n) is 4.11. The molecule has 0 bridgehead atoms. The number of hydrogen-bond acceptors (Lipinski definition) is 3. The van der Waals surface area contributed by atoms with E-state index in [0.717, 1.165) is 11.1 Å². The molecule has 0 aliphatic heterocycles. The van der Waals surface area contributed by atoms with Crippen molar-refractivity contribution in [3.63, 3.8) is 0 Å². The molecule has 6 heteroatoms. The standard InChI is InChI=1S/C20H26N2O3S/c1-3-22-26(24,25)19-11-9-17(10-12-19)13-14-21-20(23)16(2)15-18-7-5-4-6-8-18/h4-12,16,22H,3,13-15H2,1-2H3,(H,21,23). The number of amides is 1. The lowest BCUT2D eigenvalue weighted by molar-refractivity contribution is -0.124. The third-order valence-corrected chi connectivity index (χ3v) is 5.67. The van der Waals surface area contributed by atoms with Gasteiger partial charge in [-0.25, -0.2) is 13.1 Å². The highest BCUT2D eigenvalue weighted by atomic mass is 32.2. The summed E-state index contributed by atoms with van der Waals surface area (Å²) in [6.45, 7) is 4.55. The molecule has 0 aliphatic rings. The first-order valence-electron chi connectivity index (χ1n) is 8.82. The summed E-state index contributed by atoms with van der Waals surface area (Å²) in [7, 11) is -3.42. The highest BCUT2D eigenvalue weighted by molar-refractivity contribution is 7.89. The van der Waals surface area contributed by atoms with Crippen molar-refractivity contribution in [2.24, 2.45) is 5.92 Å². The van der Waals surface area contributed by atoms with Gasteiger partial charge >= 0.3 is 0 Å². The molecule has 2 rings (SSSR count). The average Bonchev–Trinajstić information content (AvgIpc) is 2.63. The molecule has 2 aromatic carbocycles. The maximum absolute atomic E-state index is 12.2. The predicted octanol–water partition coefficient (Wildman–Crippen LogP) is 2.52. The first-order valence-corrected chi connectivity index (χ1v) is 10.3. The van der Waals surface area contributed by atoms with E-state index in [0.29, 0.717) is 25.9 Å². The van der Waals surface area contributed by atoms with Gasteiger partial charge in [-0.2, -0.15) is 0 Å². The fourth-order valence-electron chi connectivity index (χ4n) is 2.67. The molecular formula is C20H26N2O3S. The van der Waals surface area contributed by atoms with E-state index >= 15 is 0 Å². The van der Waals surface area contributed by atoms with Crippen LogP contribution in [0.3, 0.4) is 0 Å². The van der Waals surface area contributed by atoms with Crippen molar-refractivity contribution in [3.05, 3.63) is 65.7 Å².